The standard InChI is InChI=1S/C24H36N4O/c1-19(2)23(27-12-14-29-15-13-27)18-25-17-21-16-20-8-4-5-9-22(20)26-24(21)28-10-6-3-7-11-28/h4-5,8-9,16,19,23,25H,3,6-7,10-15,17-18H2,1-2H3. The number of anilines is 1. The highest BCUT2D eigenvalue weighted by atomic mass is 16.5. The van der Waals surface area contributed by atoms with Crippen molar-refractivity contribution in [3.8, 4) is 0 Å². The molecule has 2 aromatic rings. The smallest absolute Gasteiger partial charge is 0.133 e. The fourth-order valence-electron chi connectivity index (χ4n) is 4.71. The van der Waals surface area contributed by atoms with E-state index >= 15 is 0 Å². The molecule has 5 heteroatoms. The van der Waals surface area contributed by atoms with Crippen molar-refractivity contribution in [1.82, 2.24) is 15.2 Å². The van der Waals surface area contributed by atoms with Crippen LogP contribution in [0.1, 0.15) is 38.7 Å². The first-order valence-corrected chi connectivity index (χ1v) is 11.4. The van der Waals surface area contributed by atoms with Gasteiger partial charge in [0.25, 0.3) is 0 Å². The number of para-hydroxylation sites is 1. The number of piperidine rings is 1. The molecule has 2 aliphatic rings. The predicted octanol–water partition coefficient (Wildman–Crippen LogP) is 3.67. The summed E-state index contributed by atoms with van der Waals surface area (Å²) in [6.45, 7) is 12.6. The summed E-state index contributed by atoms with van der Waals surface area (Å²) in [7, 11) is 0. The van der Waals surface area contributed by atoms with E-state index in [1.54, 1.807) is 0 Å². The molecule has 1 atom stereocenters. The van der Waals surface area contributed by atoms with Crippen molar-refractivity contribution in [3.63, 3.8) is 0 Å². The molecule has 2 fully saturated rings. The van der Waals surface area contributed by atoms with Gasteiger partial charge in [0, 0.05) is 56.3 Å². The van der Waals surface area contributed by atoms with E-state index in [9.17, 15) is 0 Å². The molecule has 1 N–H and O–H groups in total. The van der Waals surface area contributed by atoms with Crippen LogP contribution in [0.25, 0.3) is 10.9 Å². The minimum absolute atomic E-state index is 0.547. The van der Waals surface area contributed by atoms with Gasteiger partial charge in [0.05, 0.1) is 18.7 Å². The van der Waals surface area contributed by atoms with Gasteiger partial charge in [0.2, 0.25) is 0 Å². The molecule has 158 valence electrons. The maximum atomic E-state index is 5.55. The minimum Gasteiger partial charge on any atom is -0.379 e. The van der Waals surface area contributed by atoms with E-state index in [1.165, 1.54) is 36.0 Å². The summed E-state index contributed by atoms with van der Waals surface area (Å²) < 4.78 is 5.55. The number of nitrogens with one attached hydrogen (secondary N) is 1. The SMILES string of the molecule is CC(C)C(CNCc1cc2ccccc2nc1N1CCCCC1)N1CCOCC1. The molecule has 0 aliphatic carbocycles. The summed E-state index contributed by atoms with van der Waals surface area (Å²) >= 11 is 0. The van der Waals surface area contributed by atoms with Gasteiger partial charge in [-0.2, -0.15) is 0 Å². The zero-order valence-corrected chi connectivity index (χ0v) is 18.1. The van der Waals surface area contributed by atoms with Crippen LogP contribution in [-0.2, 0) is 11.3 Å². The van der Waals surface area contributed by atoms with Gasteiger partial charge < -0.3 is 15.0 Å². The van der Waals surface area contributed by atoms with Gasteiger partial charge >= 0.3 is 0 Å². The second kappa shape index (κ2) is 9.88. The third-order valence-electron chi connectivity index (χ3n) is 6.39. The highest BCUT2D eigenvalue weighted by molar-refractivity contribution is 5.81. The number of hydrogen-bond acceptors (Lipinski definition) is 5. The van der Waals surface area contributed by atoms with E-state index in [4.69, 9.17) is 9.72 Å². The maximum absolute atomic E-state index is 5.55. The van der Waals surface area contributed by atoms with Crippen molar-refractivity contribution in [3.05, 3.63) is 35.9 Å². The van der Waals surface area contributed by atoms with Crippen LogP contribution in [0.15, 0.2) is 30.3 Å². The summed E-state index contributed by atoms with van der Waals surface area (Å²) in [4.78, 5) is 10.2. The molecule has 1 unspecified atom stereocenters. The summed E-state index contributed by atoms with van der Waals surface area (Å²) in [6.07, 6.45) is 3.88. The van der Waals surface area contributed by atoms with Crippen molar-refractivity contribution in [2.45, 2.75) is 45.7 Å². The number of nitrogens with zero attached hydrogens (tertiary/aromatic N) is 3. The van der Waals surface area contributed by atoms with E-state index in [2.05, 4.69) is 59.3 Å². The molecule has 4 rings (SSSR count). The van der Waals surface area contributed by atoms with E-state index in [1.807, 2.05) is 0 Å². The Bertz CT molecular complexity index is 782. The first-order chi connectivity index (χ1) is 14.2. The lowest BCUT2D eigenvalue weighted by Crippen LogP contribution is -2.50. The van der Waals surface area contributed by atoms with Crippen molar-refractivity contribution in [2.24, 2.45) is 5.92 Å². The van der Waals surface area contributed by atoms with E-state index in [0.717, 1.165) is 58.0 Å². The zero-order valence-electron chi connectivity index (χ0n) is 18.1. The topological polar surface area (TPSA) is 40.6 Å². The van der Waals surface area contributed by atoms with Crippen LogP contribution in [0.2, 0.25) is 0 Å². The van der Waals surface area contributed by atoms with E-state index in [-0.39, 0.29) is 0 Å². The van der Waals surface area contributed by atoms with Crippen LogP contribution in [-0.4, -0.2) is 61.9 Å². The first kappa shape index (κ1) is 20.6. The molecule has 3 heterocycles. The third-order valence-corrected chi connectivity index (χ3v) is 6.39. The number of aromatic nitrogens is 1. The Labute approximate surface area is 175 Å². The molecule has 2 aliphatic heterocycles. The van der Waals surface area contributed by atoms with Crippen LogP contribution < -0.4 is 10.2 Å². The van der Waals surface area contributed by atoms with Crippen LogP contribution in [0.4, 0.5) is 5.82 Å². The molecular formula is C24H36N4O. The zero-order chi connectivity index (χ0) is 20.1. The van der Waals surface area contributed by atoms with E-state index < -0.39 is 0 Å². The average molecular weight is 397 g/mol. The van der Waals surface area contributed by atoms with Gasteiger partial charge in [-0.25, -0.2) is 4.98 Å². The minimum atomic E-state index is 0.547. The number of pyridine rings is 1. The lowest BCUT2D eigenvalue weighted by atomic mass is 10.0. The molecule has 2 saturated heterocycles. The van der Waals surface area contributed by atoms with Gasteiger partial charge in [0.1, 0.15) is 5.82 Å². The van der Waals surface area contributed by atoms with Gasteiger partial charge in [0.15, 0.2) is 0 Å². The van der Waals surface area contributed by atoms with E-state index in [0.29, 0.717) is 12.0 Å². The molecule has 0 bridgehead atoms. The monoisotopic (exact) mass is 396 g/mol. The number of rotatable bonds is 7. The molecule has 5 nitrogen and oxygen atoms in total. The molecule has 1 aromatic carbocycles. The summed E-state index contributed by atoms with van der Waals surface area (Å²) in [5.74, 6) is 1.81. The van der Waals surface area contributed by atoms with Gasteiger partial charge in [-0.1, -0.05) is 32.0 Å². The lowest BCUT2D eigenvalue weighted by Gasteiger charge is -2.37. The Hall–Kier alpha value is -1.69. The Morgan fingerprint density at radius 3 is 2.55 bits per heavy atom. The Balaban J connectivity index is 1.49. The largest absolute Gasteiger partial charge is 0.379 e. The molecule has 0 amide bonds. The Morgan fingerprint density at radius 1 is 1.03 bits per heavy atom. The fourth-order valence-corrected chi connectivity index (χ4v) is 4.71. The summed E-state index contributed by atoms with van der Waals surface area (Å²) in [5.41, 5.74) is 2.43. The third kappa shape index (κ3) is 5.08. The molecule has 0 spiro atoms. The summed E-state index contributed by atoms with van der Waals surface area (Å²) in [5, 5.41) is 5.01. The summed E-state index contributed by atoms with van der Waals surface area (Å²) in [6, 6.07) is 11.4. The molecule has 0 radical (unpaired) electrons. The first-order valence-electron chi connectivity index (χ1n) is 11.4. The Kier molecular flexibility index (Phi) is 7.01. The normalized spacial score (nSPS) is 19.8. The Morgan fingerprint density at radius 2 is 1.79 bits per heavy atom. The lowest BCUT2D eigenvalue weighted by molar-refractivity contribution is 0.00648. The number of benzene rings is 1. The highest BCUT2D eigenvalue weighted by Crippen LogP contribution is 2.26. The molecule has 0 saturated carbocycles. The number of fused-ring (bicyclic) bond motifs is 1. The highest BCUT2D eigenvalue weighted by Gasteiger charge is 2.24. The number of hydrogen-bond donors (Lipinski definition) is 1. The predicted molar refractivity (Wildman–Crippen MR) is 121 cm³/mol. The quantitative estimate of drug-likeness (QED) is 0.773. The van der Waals surface area contributed by atoms with Gasteiger partial charge in [-0.3, -0.25) is 4.90 Å². The number of morpholine rings is 1. The second-order valence-electron chi connectivity index (χ2n) is 8.80. The van der Waals surface area contributed by atoms with Crippen LogP contribution in [0, 0.1) is 5.92 Å². The van der Waals surface area contributed by atoms with Crippen LogP contribution in [0.5, 0.6) is 0 Å². The van der Waals surface area contributed by atoms with Gasteiger partial charge in [-0.05, 0) is 37.3 Å². The average Bonchev–Trinajstić information content (AvgIpc) is 2.77. The van der Waals surface area contributed by atoms with Gasteiger partial charge in [-0.15, -0.1) is 0 Å². The number of ether oxygens (including phenoxy) is 1. The van der Waals surface area contributed by atoms with Crippen molar-refractivity contribution in [2.75, 3.05) is 50.8 Å². The van der Waals surface area contributed by atoms with Crippen LogP contribution >= 0.6 is 0 Å². The molecule has 29 heavy (non-hydrogen) atoms. The molecule has 1 aromatic heterocycles. The van der Waals surface area contributed by atoms with Crippen LogP contribution in [0.3, 0.4) is 0 Å². The maximum Gasteiger partial charge on any atom is 0.133 e. The van der Waals surface area contributed by atoms with Crippen molar-refractivity contribution >= 4 is 16.7 Å². The van der Waals surface area contributed by atoms with Crippen molar-refractivity contribution < 1.29 is 4.74 Å². The fraction of sp³-hybridized carbons (Fsp3) is 0.625. The molecular weight excluding hydrogens is 360 g/mol. The second-order valence-corrected chi connectivity index (χ2v) is 8.80. The van der Waals surface area contributed by atoms with Crippen molar-refractivity contribution in [1.29, 1.82) is 0 Å².